The van der Waals surface area contributed by atoms with E-state index < -0.39 is 36.2 Å². The third-order valence-electron chi connectivity index (χ3n) is 4.17. The van der Waals surface area contributed by atoms with Crippen LogP contribution in [0.15, 0.2) is 51.8 Å². The van der Waals surface area contributed by atoms with Crippen LogP contribution in [0, 0.1) is 0 Å². The molecular formula is C21H17BrN2O7S. The molecule has 0 unspecified atom stereocenters. The van der Waals surface area contributed by atoms with Gasteiger partial charge in [0.2, 0.25) is 5.91 Å². The Hall–Kier alpha value is -3.31. The minimum Gasteiger partial charge on any atom is -0.495 e. The molecule has 1 heterocycles. The van der Waals surface area contributed by atoms with Crippen molar-refractivity contribution in [3.63, 3.8) is 0 Å². The second-order valence-electron chi connectivity index (χ2n) is 6.38. The summed E-state index contributed by atoms with van der Waals surface area (Å²) in [7, 11) is 1.46. The molecule has 166 valence electrons. The van der Waals surface area contributed by atoms with Crippen molar-refractivity contribution in [2.45, 2.75) is 0 Å². The molecule has 11 heteroatoms. The molecule has 1 aliphatic heterocycles. The number of carbonyl (C=O) groups excluding carboxylic acids is 3. The van der Waals surface area contributed by atoms with E-state index in [1.54, 1.807) is 42.5 Å². The van der Waals surface area contributed by atoms with Gasteiger partial charge in [-0.05, 0) is 48.2 Å². The molecule has 3 rings (SSSR count). The predicted octanol–water partition coefficient (Wildman–Crippen LogP) is 3.60. The zero-order chi connectivity index (χ0) is 23.3. The molecule has 2 aromatic carbocycles. The third-order valence-corrected chi connectivity index (χ3v) is 5.57. The van der Waals surface area contributed by atoms with Gasteiger partial charge in [-0.25, -0.2) is 4.79 Å². The van der Waals surface area contributed by atoms with E-state index in [-0.39, 0.29) is 10.7 Å². The van der Waals surface area contributed by atoms with Crippen LogP contribution in [0.1, 0.15) is 5.56 Å². The number of ether oxygens (including phenoxy) is 2. The van der Waals surface area contributed by atoms with Crippen LogP contribution < -0.4 is 14.8 Å². The summed E-state index contributed by atoms with van der Waals surface area (Å²) >= 11 is 3.99. The Balaban J connectivity index is 1.76. The molecule has 0 aromatic heterocycles. The minimum atomic E-state index is -1.15. The van der Waals surface area contributed by atoms with Crippen LogP contribution in [0.25, 0.3) is 6.08 Å². The Kier molecular flexibility index (Phi) is 7.54. The number of anilines is 1. The summed E-state index contributed by atoms with van der Waals surface area (Å²) in [6.45, 7) is -1.03. The smallest absolute Gasteiger partial charge is 0.341 e. The van der Waals surface area contributed by atoms with Crippen LogP contribution in [-0.4, -0.2) is 53.3 Å². The molecule has 1 aliphatic rings. The Morgan fingerprint density at radius 3 is 2.66 bits per heavy atom. The van der Waals surface area contributed by atoms with E-state index in [1.807, 2.05) is 0 Å². The summed E-state index contributed by atoms with van der Waals surface area (Å²) in [5.74, 6) is -1.68. The number of carboxylic acids is 1. The zero-order valence-corrected chi connectivity index (χ0v) is 19.1. The van der Waals surface area contributed by atoms with E-state index in [0.717, 1.165) is 4.90 Å². The number of methoxy groups -OCH3 is 1. The number of nitrogens with one attached hydrogen (secondary N) is 1. The molecule has 9 nitrogen and oxygen atoms in total. The van der Waals surface area contributed by atoms with Crippen LogP contribution >= 0.6 is 27.7 Å². The minimum absolute atomic E-state index is 0.0818. The number of nitrogens with zero attached hydrogens (tertiary/aromatic N) is 1. The first kappa shape index (κ1) is 23.4. The number of carboxylic acid groups (broad SMARTS) is 1. The molecule has 1 fully saturated rings. The number of carbonyl (C=O) groups is 4. The Morgan fingerprint density at radius 2 is 1.94 bits per heavy atom. The van der Waals surface area contributed by atoms with Gasteiger partial charge in [0.1, 0.15) is 18.0 Å². The number of hydrogen-bond acceptors (Lipinski definition) is 7. The van der Waals surface area contributed by atoms with E-state index >= 15 is 0 Å². The Labute approximate surface area is 195 Å². The maximum Gasteiger partial charge on any atom is 0.341 e. The molecule has 0 atom stereocenters. The fraction of sp³-hybridized carbons (Fsp3) is 0.143. The first-order valence-corrected chi connectivity index (χ1v) is 10.7. The fourth-order valence-corrected chi connectivity index (χ4v) is 3.97. The number of amides is 3. The maximum atomic E-state index is 12.8. The molecule has 0 saturated carbocycles. The second-order valence-corrected chi connectivity index (χ2v) is 8.29. The summed E-state index contributed by atoms with van der Waals surface area (Å²) < 4.78 is 11.1. The summed E-state index contributed by atoms with van der Waals surface area (Å²) in [6, 6.07) is 11.6. The van der Waals surface area contributed by atoms with Crippen molar-refractivity contribution in [2.75, 3.05) is 25.6 Å². The number of benzene rings is 2. The second kappa shape index (κ2) is 10.3. The van der Waals surface area contributed by atoms with Crippen LogP contribution in [0.4, 0.5) is 10.5 Å². The van der Waals surface area contributed by atoms with Gasteiger partial charge in [0.25, 0.3) is 11.1 Å². The third kappa shape index (κ3) is 5.68. The highest BCUT2D eigenvalue weighted by atomic mass is 79.9. The van der Waals surface area contributed by atoms with Crippen molar-refractivity contribution in [3.8, 4) is 11.5 Å². The summed E-state index contributed by atoms with van der Waals surface area (Å²) in [5.41, 5.74) is 0.821. The van der Waals surface area contributed by atoms with Gasteiger partial charge in [-0.2, -0.15) is 0 Å². The molecule has 2 N–H and O–H groups in total. The lowest BCUT2D eigenvalue weighted by Gasteiger charge is -2.14. The van der Waals surface area contributed by atoms with Crippen LogP contribution in [0.3, 0.4) is 0 Å². The standard InChI is InChI=1S/C21H17BrN2O7S/c1-30-16-5-3-2-4-14(16)23-18(25)10-24-20(28)17(32-21(24)29)9-12-8-13(22)6-7-15(12)31-11-19(26)27/h2-9H,10-11H2,1H3,(H,23,25)(H,26,27)/b17-9+. The zero-order valence-electron chi connectivity index (χ0n) is 16.7. The molecule has 0 aliphatic carbocycles. The van der Waals surface area contributed by atoms with Crippen LogP contribution in [0.2, 0.25) is 0 Å². The molecule has 1 saturated heterocycles. The molecular weight excluding hydrogens is 504 g/mol. The Bertz CT molecular complexity index is 1120. The molecule has 0 spiro atoms. The molecule has 32 heavy (non-hydrogen) atoms. The summed E-state index contributed by atoms with van der Waals surface area (Å²) in [5, 5.41) is 10.9. The molecule has 0 radical (unpaired) electrons. The highest BCUT2D eigenvalue weighted by Crippen LogP contribution is 2.35. The largest absolute Gasteiger partial charge is 0.495 e. The topological polar surface area (TPSA) is 122 Å². The normalized spacial score (nSPS) is 14.6. The van der Waals surface area contributed by atoms with E-state index in [1.165, 1.54) is 13.2 Å². The van der Waals surface area contributed by atoms with Gasteiger partial charge in [-0.3, -0.25) is 19.3 Å². The summed E-state index contributed by atoms with van der Waals surface area (Å²) in [4.78, 5) is 49.3. The van der Waals surface area contributed by atoms with Gasteiger partial charge in [0.05, 0.1) is 17.7 Å². The predicted molar refractivity (Wildman–Crippen MR) is 122 cm³/mol. The highest BCUT2D eigenvalue weighted by Gasteiger charge is 2.36. The monoisotopic (exact) mass is 520 g/mol. The lowest BCUT2D eigenvalue weighted by molar-refractivity contribution is -0.139. The first-order valence-electron chi connectivity index (χ1n) is 9.11. The highest BCUT2D eigenvalue weighted by molar-refractivity contribution is 9.10. The van der Waals surface area contributed by atoms with Gasteiger partial charge in [-0.1, -0.05) is 28.1 Å². The molecule has 0 bridgehead atoms. The van der Waals surface area contributed by atoms with E-state index in [4.69, 9.17) is 14.6 Å². The summed E-state index contributed by atoms with van der Waals surface area (Å²) in [6.07, 6.45) is 1.42. The Morgan fingerprint density at radius 1 is 1.19 bits per heavy atom. The van der Waals surface area contributed by atoms with Crippen LogP contribution in [0.5, 0.6) is 11.5 Å². The van der Waals surface area contributed by atoms with Crippen molar-refractivity contribution >= 4 is 62.5 Å². The van der Waals surface area contributed by atoms with Crippen molar-refractivity contribution in [3.05, 3.63) is 57.4 Å². The molecule has 2 aromatic rings. The van der Waals surface area contributed by atoms with Crippen molar-refractivity contribution in [1.29, 1.82) is 0 Å². The average Bonchev–Trinajstić information content (AvgIpc) is 3.00. The van der Waals surface area contributed by atoms with Crippen molar-refractivity contribution in [1.82, 2.24) is 4.90 Å². The van der Waals surface area contributed by atoms with Gasteiger partial charge in [0.15, 0.2) is 6.61 Å². The quantitative estimate of drug-likeness (QED) is 0.506. The number of rotatable bonds is 8. The lowest BCUT2D eigenvalue weighted by atomic mass is 10.2. The number of halogens is 1. The van der Waals surface area contributed by atoms with Gasteiger partial charge < -0.3 is 19.9 Å². The maximum absolute atomic E-state index is 12.8. The van der Waals surface area contributed by atoms with E-state index in [2.05, 4.69) is 21.2 Å². The molecule has 3 amide bonds. The lowest BCUT2D eigenvalue weighted by Crippen LogP contribution is -2.36. The average molecular weight is 521 g/mol. The fourth-order valence-electron chi connectivity index (χ4n) is 2.76. The van der Waals surface area contributed by atoms with Crippen LogP contribution in [-0.2, 0) is 14.4 Å². The van der Waals surface area contributed by atoms with Gasteiger partial charge in [-0.15, -0.1) is 0 Å². The van der Waals surface area contributed by atoms with Gasteiger partial charge in [0, 0.05) is 10.0 Å². The van der Waals surface area contributed by atoms with E-state index in [0.29, 0.717) is 33.2 Å². The number of aliphatic carboxylic acids is 1. The number of imide groups is 1. The SMILES string of the molecule is COc1ccccc1NC(=O)CN1C(=O)S/C(=C/c2cc(Br)ccc2OCC(=O)O)C1=O. The van der Waals surface area contributed by atoms with Crippen molar-refractivity contribution in [2.24, 2.45) is 0 Å². The number of hydrogen-bond donors (Lipinski definition) is 2. The van der Waals surface area contributed by atoms with Crippen molar-refractivity contribution < 1.29 is 33.8 Å². The van der Waals surface area contributed by atoms with E-state index in [9.17, 15) is 19.2 Å². The number of thioether (sulfide) groups is 1. The first-order chi connectivity index (χ1) is 15.3. The number of para-hydroxylation sites is 2. The van der Waals surface area contributed by atoms with Gasteiger partial charge >= 0.3 is 5.97 Å².